The highest BCUT2D eigenvalue weighted by Gasteiger charge is 2.28. The van der Waals surface area contributed by atoms with Gasteiger partial charge in [0.1, 0.15) is 5.82 Å². The van der Waals surface area contributed by atoms with Crippen molar-refractivity contribution in [2.24, 2.45) is 0 Å². The normalized spacial score (nSPS) is 16.9. The fourth-order valence-electron chi connectivity index (χ4n) is 4.17. The Morgan fingerprint density at radius 2 is 1.82 bits per heavy atom. The number of fused-ring (bicyclic) bond motifs is 1. The van der Waals surface area contributed by atoms with Gasteiger partial charge in [0.25, 0.3) is 0 Å². The number of piperazine rings is 1. The van der Waals surface area contributed by atoms with Crippen LogP contribution in [0.3, 0.4) is 0 Å². The van der Waals surface area contributed by atoms with Crippen molar-refractivity contribution in [3.8, 4) is 0 Å². The molecule has 0 aromatic heterocycles. The Kier molecular flexibility index (Phi) is 6.66. The minimum absolute atomic E-state index is 0.0813. The molecule has 0 bridgehead atoms. The molecule has 1 fully saturated rings. The molecular formula is C23H27FN4O4S. The first-order chi connectivity index (χ1) is 15.8. The Morgan fingerprint density at radius 3 is 2.55 bits per heavy atom. The molecule has 2 aliphatic heterocycles. The Morgan fingerprint density at radius 1 is 1.09 bits per heavy atom. The van der Waals surface area contributed by atoms with Gasteiger partial charge < -0.3 is 15.1 Å². The number of nitrogens with one attached hydrogen (secondary N) is 1. The van der Waals surface area contributed by atoms with Gasteiger partial charge in [-0.3, -0.25) is 9.59 Å². The van der Waals surface area contributed by atoms with Crippen molar-refractivity contribution in [2.75, 3.05) is 50.0 Å². The smallest absolute Gasteiger partial charge is 0.243 e. The number of nitrogens with zero attached hydrogens (tertiary/aromatic N) is 3. The predicted molar refractivity (Wildman–Crippen MR) is 123 cm³/mol. The van der Waals surface area contributed by atoms with E-state index in [2.05, 4.69) is 5.32 Å². The Hall–Kier alpha value is -2.98. The highest BCUT2D eigenvalue weighted by atomic mass is 32.2. The summed E-state index contributed by atoms with van der Waals surface area (Å²) in [5.41, 5.74) is 1.90. The van der Waals surface area contributed by atoms with Gasteiger partial charge in [0.15, 0.2) is 0 Å². The number of sulfonamides is 1. The number of hydrogen-bond acceptors (Lipinski definition) is 5. The largest absolute Gasteiger partial charge is 0.366 e. The predicted octanol–water partition coefficient (Wildman–Crippen LogP) is 2.07. The maximum atomic E-state index is 14.0. The van der Waals surface area contributed by atoms with E-state index < -0.39 is 10.0 Å². The van der Waals surface area contributed by atoms with E-state index in [9.17, 15) is 22.4 Å². The van der Waals surface area contributed by atoms with Gasteiger partial charge in [-0.2, -0.15) is 4.31 Å². The second kappa shape index (κ2) is 9.48. The second-order valence-electron chi connectivity index (χ2n) is 8.30. The zero-order valence-electron chi connectivity index (χ0n) is 18.5. The van der Waals surface area contributed by atoms with Crippen molar-refractivity contribution in [3.63, 3.8) is 0 Å². The van der Waals surface area contributed by atoms with Crippen molar-refractivity contribution >= 4 is 33.2 Å². The molecule has 8 nitrogen and oxygen atoms in total. The summed E-state index contributed by atoms with van der Waals surface area (Å²) in [5, 5.41) is 2.79. The Labute approximate surface area is 193 Å². The van der Waals surface area contributed by atoms with Gasteiger partial charge in [0.05, 0.1) is 17.1 Å². The lowest BCUT2D eigenvalue weighted by Crippen LogP contribution is -2.51. The molecule has 0 aliphatic carbocycles. The Bertz CT molecular complexity index is 1160. The first-order valence-corrected chi connectivity index (χ1v) is 12.4. The number of carbonyl (C=O) groups is 2. The van der Waals surface area contributed by atoms with Crippen LogP contribution < -0.4 is 10.2 Å². The number of amides is 2. The molecule has 2 aliphatic rings. The van der Waals surface area contributed by atoms with E-state index >= 15 is 0 Å². The minimum atomic E-state index is -3.88. The highest BCUT2D eigenvalue weighted by Crippen LogP contribution is 2.26. The topological polar surface area (TPSA) is 90.0 Å². The van der Waals surface area contributed by atoms with Gasteiger partial charge in [0.2, 0.25) is 21.8 Å². The molecule has 1 saturated heterocycles. The zero-order chi connectivity index (χ0) is 23.6. The SMILES string of the molecule is CN(CC(=O)N1CCN(c2ccccc2F)CC1)S(=O)(=O)c1ccc2c(c1)CCCC(=O)N2. The molecule has 2 aromatic carbocycles. The summed E-state index contributed by atoms with van der Waals surface area (Å²) in [5.74, 6) is -0.679. The molecule has 2 aromatic rings. The number of carbonyl (C=O) groups excluding carboxylic acids is 2. The average molecular weight is 475 g/mol. The summed E-state index contributed by atoms with van der Waals surface area (Å²) >= 11 is 0. The fraction of sp³-hybridized carbons (Fsp3) is 0.391. The minimum Gasteiger partial charge on any atom is -0.366 e. The third-order valence-electron chi connectivity index (χ3n) is 6.09. The van der Waals surface area contributed by atoms with Crippen molar-refractivity contribution in [1.82, 2.24) is 9.21 Å². The summed E-state index contributed by atoms with van der Waals surface area (Å²) < 4.78 is 41.2. The Balaban J connectivity index is 1.39. The quantitative estimate of drug-likeness (QED) is 0.717. The van der Waals surface area contributed by atoms with Crippen molar-refractivity contribution in [3.05, 3.63) is 53.8 Å². The van der Waals surface area contributed by atoms with E-state index in [1.807, 2.05) is 4.90 Å². The number of benzene rings is 2. The maximum Gasteiger partial charge on any atom is 0.243 e. The number of para-hydroxylation sites is 1. The fourth-order valence-corrected chi connectivity index (χ4v) is 5.34. The number of hydrogen-bond donors (Lipinski definition) is 1. The summed E-state index contributed by atoms with van der Waals surface area (Å²) in [6.45, 7) is 1.44. The van der Waals surface area contributed by atoms with Crippen molar-refractivity contribution in [1.29, 1.82) is 0 Å². The number of anilines is 2. The standard InChI is InChI=1S/C23H27FN4O4S/c1-26(33(31,32)18-9-10-20-17(15-18)5-4-8-22(29)25-20)16-23(30)28-13-11-27(12-14-28)21-7-3-2-6-19(21)24/h2-3,6-7,9-10,15H,4-5,8,11-14,16H2,1H3,(H,25,29). The number of likely N-dealkylation sites (N-methyl/N-ethyl adjacent to an activating group) is 1. The maximum absolute atomic E-state index is 14.0. The van der Waals surface area contributed by atoms with Crippen LogP contribution in [-0.2, 0) is 26.0 Å². The molecule has 2 heterocycles. The van der Waals surface area contributed by atoms with Crippen LogP contribution in [0.15, 0.2) is 47.4 Å². The number of halogens is 1. The number of rotatable bonds is 5. The zero-order valence-corrected chi connectivity index (χ0v) is 19.3. The molecule has 176 valence electrons. The van der Waals surface area contributed by atoms with Gasteiger partial charge >= 0.3 is 0 Å². The van der Waals surface area contributed by atoms with E-state index in [4.69, 9.17) is 0 Å². The van der Waals surface area contributed by atoms with Crippen LogP contribution in [0, 0.1) is 5.82 Å². The van der Waals surface area contributed by atoms with Gasteiger partial charge in [-0.1, -0.05) is 12.1 Å². The summed E-state index contributed by atoms with van der Waals surface area (Å²) in [6, 6.07) is 11.1. The molecule has 2 amide bonds. The number of aryl methyl sites for hydroxylation is 1. The monoisotopic (exact) mass is 474 g/mol. The average Bonchev–Trinajstić information content (AvgIpc) is 2.99. The molecule has 0 saturated carbocycles. The molecule has 4 rings (SSSR count). The van der Waals surface area contributed by atoms with Crippen LogP contribution in [0.25, 0.3) is 0 Å². The lowest BCUT2D eigenvalue weighted by Gasteiger charge is -2.36. The van der Waals surface area contributed by atoms with Crippen molar-refractivity contribution in [2.45, 2.75) is 24.2 Å². The van der Waals surface area contributed by atoms with E-state index in [0.29, 0.717) is 56.8 Å². The lowest BCUT2D eigenvalue weighted by atomic mass is 10.1. The highest BCUT2D eigenvalue weighted by molar-refractivity contribution is 7.89. The van der Waals surface area contributed by atoms with Crippen LogP contribution in [0.1, 0.15) is 18.4 Å². The molecular weight excluding hydrogens is 447 g/mol. The van der Waals surface area contributed by atoms with E-state index in [-0.39, 0.29) is 29.1 Å². The summed E-state index contributed by atoms with van der Waals surface area (Å²) in [4.78, 5) is 28.1. The van der Waals surface area contributed by atoms with Gasteiger partial charge in [-0.25, -0.2) is 12.8 Å². The van der Waals surface area contributed by atoms with E-state index in [1.54, 1.807) is 35.2 Å². The third kappa shape index (κ3) is 5.01. The van der Waals surface area contributed by atoms with Crippen LogP contribution in [0.4, 0.5) is 15.8 Å². The molecule has 0 radical (unpaired) electrons. The van der Waals surface area contributed by atoms with Gasteiger partial charge in [0, 0.05) is 45.3 Å². The van der Waals surface area contributed by atoms with Gasteiger partial charge in [-0.15, -0.1) is 0 Å². The van der Waals surface area contributed by atoms with Gasteiger partial charge in [-0.05, 0) is 48.7 Å². The molecule has 1 N–H and O–H groups in total. The molecule has 0 atom stereocenters. The first kappa shape index (κ1) is 23.2. The van der Waals surface area contributed by atoms with Crippen LogP contribution in [-0.4, -0.2) is 69.2 Å². The molecule has 0 unspecified atom stereocenters. The van der Waals surface area contributed by atoms with Crippen molar-refractivity contribution < 1.29 is 22.4 Å². The summed E-state index contributed by atoms with van der Waals surface area (Å²) in [7, 11) is -2.49. The third-order valence-corrected chi connectivity index (χ3v) is 7.89. The second-order valence-corrected chi connectivity index (χ2v) is 10.3. The lowest BCUT2D eigenvalue weighted by molar-refractivity contribution is -0.131. The van der Waals surface area contributed by atoms with Crippen LogP contribution in [0.2, 0.25) is 0 Å². The van der Waals surface area contributed by atoms with Crippen LogP contribution in [0.5, 0.6) is 0 Å². The first-order valence-electron chi connectivity index (χ1n) is 10.9. The van der Waals surface area contributed by atoms with E-state index in [0.717, 1.165) is 9.87 Å². The molecule has 33 heavy (non-hydrogen) atoms. The molecule has 0 spiro atoms. The van der Waals surface area contributed by atoms with E-state index in [1.165, 1.54) is 19.2 Å². The summed E-state index contributed by atoms with van der Waals surface area (Å²) in [6.07, 6.45) is 1.65. The molecule has 10 heteroatoms. The van der Waals surface area contributed by atoms with Crippen LogP contribution >= 0.6 is 0 Å².